The second-order valence-electron chi connectivity index (χ2n) is 4.26. The minimum absolute atomic E-state index is 0.0453. The Morgan fingerprint density at radius 3 is 2.47 bits per heavy atom. The molecule has 17 heavy (non-hydrogen) atoms. The van der Waals surface area contributed by atoms with Crippen LogP contribution >= 0.6 is 0 Å². The van der Waals surface area contributed by atoms with Crippen LogP contribution in [0.4, 0.5) is 4.39 Å². The summed E-state index contributed by atoms with van der Waals surface area (Å²) >= 11 is 0. The maximum absolute atomic E-state index is 13.8. The van der Waals surface area contributed by atoms with Gasteiger partial charge in [0.15, 0.2) is 0 Å². The number of hydrogen-bond donors (Lipinski definition) is 1. The van der Waals surface area contributed by atoms with E-state index in [-0.39, 0.29) is 11.9 Å². The molecule has 3 heteroatoms. The van der Waals surface area contributed by atoms with E-state index in [1.165, 1.54) is 6.07 Å². The van der Waals surface area contributed by atoms with Crippen LogP contribution in [0.3, 0.4) is 0 Å². The Morgan fingerprint density at radius 2 is 1.94 bits per heavy atom. The van der Waals surface area contributed by atoms with Crippen molar-refractivity contribution in [2.45, 2.75) is 45.7 Å². The van der Waals surface area contributed by atoms with Gasteiger partial charge >= 0.3 is 0 Å². The van der Waals surface area contributed by atoms with Gasteiger partial charge in [0.1, 0.15) is 11.6 Å². The molecule has 0 amide bonds. The molecule has 0 saturated carbocycles. The van der Waals surface area contributed by atoms with Crippen molar-refractivity contribution < 1.29 is 9.13 Å². The molecule has 0 spiro atoms. The first-order valence-corrected chi connectivity index (χ1v) is 6.22. The standard InChI is InChI=1S/C14H22FNO/c1-5-11(6-2)16-10(3)14-12(15)8-7-9-13(14)17-4/h7-11,16H,5-6H2,1-4H3. The summed E-state index contributed by atoms with van der Waals surface area (Å²) in [6.07, 6.45) is 2.08. The van der Waals surface area contributed by atoms with Gasteiger partial charge < -0.3 is 10.1 Å². The van der Waals surface area contributed by atoms with Crippen molar-refractivity contribution in [3.8, 4) is 5.75 Å². The molecule has 1 aromatic rings. The van der Waals surface area contributed by atoms with E-state index >= 15 is 0 Å². The van der Waals surface area contributed by atoms with Crippen molar-refractivity contribution in [3.63, 3.8) is 0 Å². The van der Waals surface area contributed by atoms with Gasteiger partial charge in [-0.15, -0.1) is 0 Å². The van der Waals surface area contributed by atoms with Crippen molar-refractivity contribution in [1.29, 1.82) is 0 Å². The normalized spacial score (nSPS) is 12.8. The molecule has 0 fully saturated rings. The fourth-order valence-corrected chi connectivity index (χ4v) is 2.08. The summed E-state index contributed by atoms with van der Waals surface area (Å²) in [6.45, 7) is 6.23. The van der Waals surface area contributed by atoms with Gasteiger partial charge in [-0.05, 0) is 31.9 Å². The maximum atomic E-state index is 13.8. The highest BCUT2D eigenvalue weighted by molar-refractivity contribution is 5.36. The molecule has 1 rings (SSSR count). The molecule has 0 heterocycles. The number of ether oxygens (including phenoxy) is 1. The fourth-order valence-electron chi connectivity index (χ4n) is 2.08. The summed E-state index contributed by atoms with van der Waals surface area (Å²) in [5, 5.41) is 3.43. The Morgan fingerprint density at radius 1 is 1.29 bits per heavy atom. The molecule has 0 aliphatic rings. The van der Waals surface area contributed by atoms with E-state index in [2.05, 4.69) is 19.2 Å². The Bertz CT molecular complexity index is 350. The molecule has 0 aromatic heterocycles. The van der Waals surface area contributed by atoms with Crippen molar-refractivity contribution >= 4 is 0 Å². The summed E-state index contributed by atoms with van der Waals surface area (Å²) in [5.41, 5.74) is 0.613. The zero-order valence-corrected chi connectivity index (χ0v) is 11.1. The van der Waals surface area contributed by atoms with Crippen LogP contribution in [-0.2, 0) is 0 Å². The van der Waals surface area contributed by atoms with Gasteiger partial charge in [-0.25, -0.2) is 4.39 Å². The van der Waals surface area contributed by atoms with E-state index in [1.54, 1.807) is 19.2 Å². The van der Waals surface area contributed by atoms with Gasteiger partial charge in [-0.1, -0.05) is 19.9 Å². The van der Waals surface area contributed by atoms with E-state index in [0.717, 1.165) is 12.8 Å². The largest absolute Gasteiger partial charge is 0.496 e. The van der Waals surface area contributed by atoms with Crippen LogP contribution in [-0.4, -0.2) is 13.2 Å². The van der Waals surface area contributed by atoms with E-state index in [4.69, 9.17) is 4.74 Å². The van der Waals surface area contributed by atoms with Gasteiger partial charge in [0.25, 0.3) is 0 Å². The van der Waals surface area contributed by atoms with Crippen molar-refractivity contribution in [3.05, 3.63) is 29.6 Å². The summed E-state index contributed by atoms with van der Waals surface area (Å²) < 4.78 is 19.0. The molecule has 2 nitrogen and oxygen atoms in total. The Kier molecular flexibility index (Phi) is 5.42. The van der Waals surface area contributed by atoms with Gasteiger partial charge in [0, 0.05) is 17.6 Å². The smallest absolute Gasteiger partial charge is 0.131 e. The third-order valence-electron chi connectivity index (χ3n) is 3.14. The van der Waals surface area contributed by atoms with Crippen LogP contribution in [0.2, 0.25) is 0 Å². The van der Waals surface area contributed by atoms with Gasteiger partial charge in [-0.2, -0.15) is 0 Å². The van der Waals surface area contributed by atoms with Crippen LogP contribution in [0.15, 0.2) is 18.2 Å². The Balaban J connectivity index is 2.91. The average molecular weight is 239 g/mol. The third-order valence-corrected chi connectivity index (χ3v) is 3.14. The van der Waals surface area contributed by atoms with Crippen molar-refractivity contribution in [1.82, 2.24) is 5.32 Å². The first kappa shape index (κ1) is 14.0. The molecular weight excluding hydrogens is 217 g/mol. The van der Waals surface area contributed by atoms with Crippen LogP contribution in [0.5, 0.6) is 5.75 Å². The lowest BCUT2D eigenvalue weighted by Crippen LogP contribution is -2.31. The highest BCUT2D eigenvalue weighted by Crippen LogP contribution is 2.28. The van der Waals surface area contributed by atoms with Gasteiger partial charge in [0.2, 0.25) is 0 Å². The second kappa shape index (κ2) is 6.60. The van der Waals surface area contributed by atoms with E-state index in [0.29, 0.717) is 17.4 Å². The van der Waals surface area contributed by atoms with Crippen LogP contribution in [0.1, 0.15) is 45.2 Å². The summed E-state index contributed by atoms with van der Waals surface area (Å²) in [7, 11) is 1.57. The monoisotopic (exact) mass is 239 g/mol. The maximum Gasteiger partial charge on any atom is 0.131 e. The zero-order chi connectivity index (χ0) is 12.8. The molecule has 1 N–H and O–H groups in total. The molecule has 0 aliphatic heterocycles. The van der Waals surface area contributed by atoms with Crippen LogP contribution < -0.4 is 10.1 Å². The minimum atomic E-state index is -0.213. The predicted octanol–water partition coefficient (Wildman–Crippen LogP) is 3.67. The topological polar surface area (TPSA) is 21.3 Å². The molecular formula is C14H22FNO. The first-order valence-electron chi connectivity index (χ1n) is 6.22. The quantitative estimate of drug-likeness (QED) is 0.817. The molecule has 0 bridgehead atoms. The average Bonchev–Trinajstić information content (AvgIpc) is 2.35. The second-order valence-corrected chi connectivity index (χ2v) is 4.26. The number of halogens is 1. The number of nitrogens with one attached hydrogen (secondary N) is 1. The fraction of sp³-hybridized carbons (Fsp3) is 0.571. The van der Waals surface area contributed by atoms with E-state index < -0.39 is 0 Å². The molecule has 1 aromatic carbocycles. The molecule has 96 valence electrons. The summed E-state index contributed by atoms with van der Waals surface area (Å²) in [4.78, 5) is 0. The Labute approximate surface area is 103 Å². The number of rotatable bonds is 6. The lowest BCUT2D eigenvalue weighted by Gasteiger charge is -2.23. The lowest BCUT2D eigenvalue weighted by atomic mass is 10.0. The SMILES string of the molecule is CCC(CC)NC(C)c1c(F)cccc1OC. The van der Waals surface area contributed by atoms with Crippen LogP contribution in [0, 0.1) is 5.82 Å². The highest BCUT2D eigenvalue weighted by Gasteiger charge is 2.18. The highest BCUT2D eigenvalue weighted by atomic mass is 19.1. The molecule has 1 unspecified atom stereocenters. The first-order chi connectivity index (χ1) is 8.13. The number of benzene rings is 1. The molecule has 1 atom stereocenters. The van der Waals surface area contributed by atoms with Gasteiger partial charge in [-0.3, -0.25) is 0 Å². The van der Waals surface area contributed by atoms with Gasteiger partial charge in [0.05, 0.1) is 7.11 Å². The third kappa shape index (κ3) is 3.43. The number of hydrogen-bond acceptors (Lipinski definition) is 2. The predicted molar refractivity (Wildman–Crippen MR) is 68.9 cm³/mol. The summed E-state index contributed by atoms with van der Waals surface area (Å²) in [6, 6.07) is 5.30. The lowest BCUT2D eigenvalue weighted by molar-refractivity contribution is 0.377. The zero-order valence-electron chi connectivity index (χ0n) is 11.1. The molecule has 0 aliphatic carbocycles. The van der Waals surface area contributed by atoms with Crippen molar-refractivity contribution in [2.24, 2.45) is 0 Å². The number of methoxy groups -OCH3 is 1. The van der Waals surface area contributed by atoms with E-state index in [9.17, 15) is 4.39 Å². The van der Waals surface area contributed by atoms with E-state index in [1.807, 2.05) is 6.92 Å². The molecule has 0 saturated heterocycles. The Hall–Kier alpha value is -1.09. The van der Waals surface area contributed by atoms with Crippen molar-refractivity contribution in [2.75, 3.05) is 7.11 Å². The minimum Gasteiger partial charge on any atom is -0.496 e. The summed E-state index contributed by atoms with van der Waals surface area (Å²) in [5.74, 6) is 0.395. The van der Waals surface area contributed by atoms with Crippen LogP contribution in [0.25, 0.3) is 0 Å². The molecule has 0 radical (unpaired) electrons.